The van der Waals surface area contributed by atoms with E-state index in [1.807, 2.05) is 49.1 Å². The normalized spacial score (nSPS) is 17.3. The molecule has 0 bridgehead atoms. The summed E-state index contributed by atoms with van der Waals surface area (Å²) in [6.45, 7) is 18.9. The van der Waals surface area contributed by atoms with Gasteiger partial charge in [0, 0.05) is 23.8 Å². The summed E-state index contributed by atoms with van der Waals surface area (Å²) >= 11 is 0. The maximum absolute atomic E-state index is 6.68. The Labute approximate surface area is 275 Å². The molecule has 0 amide bonds. The van der Waals surface area contributed by atoms with Crippen LogP contribution in [0.3, 0.4) is 0 Å². The lowest BCUT2D eigenvalue weighted by molar-refractivity contribution is -0.0748. The lowest BCUT2D eigenvalue weighted by Crippen LogP contribution is -2.43. The summed E-state index contributed by atoms with van der Waals surface area (Å²) < 4.78 is 34.6. The standard InChI is InChI=1S/C36H52N4O5Si/c1-27(28(2)44-26-29-13-9-8-10-14-29)42-22-21-41-20-18-39-25-30(24-37-39)35-32-23-31(45-46(6,7)36(3,4)5)16-17-33(32)40(38-35)34-15-11-12-19-43-34/h8-10,13-14,16-17,23-25,27-28,34H,11-12,15,18-22,26H2,1-7H3/t27-,28-,34?/m0/s1. The average molecular weight is 649 g/mol. The molecule has 10 heteroatoms. The number of rotatable bonds is 15. The molecule has 1 aliphatic heterocycles. The maximum Gasteiger partial charge on any atom is 0.250 e. The molecule has 46 heavy (non-hydrogen) atoms. The van der Waals surface area contributed by atoms with E-state index in [0.29, 0.717) is 33.0 Å². The molecule has 0 spiro atoms. The van der Waals surface area contributed by atoms with E-state index in [4.69, 9.17) is 28.5 Å². The van der Waals surface area contributed by atoms with Crippen molar-refractivity contribution in [1.82, 2.24) is 19.6 Å². The molecule has 9 nitrogen and oxygen atoms in total. The lowest BCUT2D eigenvalue weighted by Gasteiger charge is -2.36. The lowest BCUT2D eigenvalue weighted by atomic mass is 10.1. The molecule has 4 aromatic rings. The fourth-order valence-corrected chi connectivity index (χ4v) is 6.24. The monoisotopic (exact) mass is 648 g/mol. The first kappa shape index (κ1) is 34.3. The van der Waals surface area contributed by atoms with Crippen LogP contribution in [0.25, 0.3) is 22.2 Å². The van der Waals surface area contributed by atoms with Gasteiger partial charge in [0.1, 0.15) is 11.4 Å². The van der Waals surface area contributed by atoms with Gasteiger partial charge in [0.15, 0.2) is 6.23 Å². The molecule has 2 aromatic heterocycles. The largest absolute Gasteiger partial charge is 0.543 e. The van der Waals surface area contributed by atoms with E-state index in [1.165, 1.54) is 0 Å². The second kappa shape index (κ2) is 15.3. The first-order valence-electron chi connectivity index (χ1n) is 16.7. The third-order valence-electron chi connectivity index (χ3n) is 9.28. The quantitative estimate of drug-likeness (QED) is 0.0954. The van der Waals surface area contributed by atoms with Gasteiger partial charge >= 0.3 is 0 Å². The molecule has 1 saturated heterocycles. The van der Waals surface area contributed by atoms with E-state index in [-0.39, 0.29) is 23.5 Å². The zero-order valence-electron chi connectivity index (χ0n) is 28.7. The van der Waals surface area contributed by atoms with Crippen molar-refractivity contribution in [3.63, 3.8) is 0 Å². The Kier molecular flexibility index (Phi) is 11.4. The van der Waals surface area contributed by atoms with Crippen molar-refractivity contribution < 1.29 is 23.4 Å². The summed E-state index contributed by atoms with van der Waals surface area (Å²) in [7, 11) is -2.00. The Morgan fingerprint density at radius 3 is 2.50 bits per heavy atom. The van der Waals surface area contributed by atoms with Gasteiger partial charge in [0.25, 0.3) is 0 Å². The predicted molar refractivity (Wildman–Crippen MR) is 185 cm³/mol. The van der Waals surface area contributed by atoms with Crippen LogP contribution in [0.15, 0.2) is 60.9 Å². The van der Waals surface area contributed by atoms with Crippen molar-refractivity contribution in [3.8, 4) is 17.0 Å². The molecule has 3 heterocycles. The molecule has 2 aromatic carbocycles. The topological polar surface area (TPSA) is 81.8 Å². The molecule has 1 unspecified atom stereocenters. The highest BCUT2D eigenvalue weighted by Gasteiger charge is 2.39. The number of fused-ring (bicyclic) bond motifs is 1. The highest BCUT2D eigenvalue weighted by molar-refractivity contribution is 6.74. The second-order valence-corrected chi connectivity index (χ2v) is 18.6. The van der Waals surface area contributed by atoms with Crippen LogP contribution in [0.5, 0.6) is 5.75 Å². The number of benzene rings is 2. The Balaban J connectivity index is 1.18. The zero-order valence-corrected chi connectivity index (χ0v) is 29.7. The van der Waals surface area contributed by atoms with E-state index in [0.717, 1.165) is 59.3 Å². The van der Waals surface area contributed by atoms with Crippen molar-refractivity contribution >= 4 is 19.2 Å². The van der Waals surface area contributed by atoms with E-state index in [1.54, 1.807) is 0 Å². The van der Waals surface area contributed by atoms with Gasteiger partial charge in [-0.05, 0) is 75.0 Å². The molecule has 1 aliphatic rings. The third-order valence-corrected chi connectivity index (χ3v) is 13.6. The molecule has 0 N–H and O–H groups in total. The van der Waals surface area contributed by atoms with Crippen LogP contribution in [0.4, 0.5) is 0 Å². The van der Waals surface area contributed by atoms with Crippen LogP contribution in [0, 0.1) is 0 Å². The minimum atomic E-state index is -2.00. The van der Waals surface area contributed by atoms with Crippen molar-refractivity contribution in [2.75, 3.05) is 26.4 Å². The van der Waals surface area contributed by atoms with E-state index in [9.17, 15) is 0 Å². The number of hydrogen-bond acceptors (Lipinski definition) is 7. The maximum atomic E-state index is 6.68. The van der Waals surface area contributed by atoms with Crippen LogP contribution in [0.2, 0.25) is 18.1 Å². The molecule has 0 radical (unpaired) electrons. The fraction of sp³-hybridized carbons (Fsp3) is 0.556. The van der Waals surface area contributed by atoms with Gasteiger partial charge in [-0.15, -0.1) is 0 Å². The van der Waals surface area contributed by atoms with Crippen molar-refractivity contribution in [3.05, 3.63) is 66.5 Å². The van der Waals surface area contributed by atoms with E-state index < -0.39 is 8.32 Å². The third kappa shape index (κ3) is 8.66. The predicted octanol–water partition coefficient (Wildman–Crippen LogP) is 8.01. The molecule has 5 rings (SSSR count). The van der Waals surface area contributed by atoms with Gasteiger partial charge in [0.05, 0.1) is 56.9 Å². The minimum Gasteiger partial charge on any atom is -0.543 e. The highest BCUT2D eigenvalue weighted by atomic mass is 28.4. The smallest absolute Gasteiger partial charge is 0.250 e. The van der Waals surface area contributed by atoms with Gasteiger partial charge in [-0.3, -0.25) is 4.68 Å². The van der Waals surface area contributed by atoms with Gasteiger partial charge in [-0.25, -0.2) is 4.68 Å². The molecule has 3 atom stereocenters. The number of nitrogens with zero attached hydrogens (tertiary/aromatic N) is 4. The minimum absolute atomic E-state index is 0.0124. The average Bonchev–Trinajstić information content (AvgIpc) is 3.66. The SMILES string of the molecule is C[C@H](OCCOCCn1cc(-c2nn(C3CCCCO3)c3ccc(O[Si](C)(C)C(C)(C)C)cc23)cn1)[C@H](C)OCc1ccccc1. The Hall–Kier alpha value is -3.02. The summed E-state index contributed by atoms with van der Waals surface area (Å²) in [5, 5.41) is 10.9. The first-order chi connectivity index (χ1) is 22.0. The highest BCUT2D eigenvalue weighted by Crippen LogP contribution is 2.39. The van der Waals surface area contributed by atoms with Crippen LogP contribution >= 0.6 is 0 Å². The Morgan fingerprint density at radius 2 is 1.76 bits per heavy atom. The van der Waals surface area contributed by atoms with Crippen LogP contribution < -0.4 is 4.43 Å². The Morgan fingerprint density at radius 1 is 0.978 bits per heavy atom. The first-order valence-corrected chi connectivity index (χ1v) is 19.6. The van der Waals surface area contributed by atoms with Crippen molar-refractivity contribution in [2.24, 2.45) is 0 Å². The molecular weight excluding hydrogens is 597 g/mol. The number of hydrogen-bond donors (Lipinski definition) is 0. The summed E-state index contributed by atoms with van der Waals surface area (Å²) in [6.07, 6.45) is 7.01. The van der Waals surface area contributed by atoms with Gasteiger partial charge in [-0.1, -0.05) is 51.1 Å². The summed E-state index contributed by atoms with van der Waals surface area (Å²) in [5.41, 5.74) is 4.06. The van der Waals surface area contributed by atoms with E-state index in [2.05, 4.69) is 74.0 Å². The van der Waals surface area contributed by atoms with Gasteiger partial charge in [0.2, 0.25) is 8.32 Å². The molecule has 0 aliphatic carbocycles. The number of aromatic nitrogens is 4. The van der Waals surface area contributed by atoms with Crippen LogP contribution in [-0.2, 0) is 32.1 Å². The van der Waals surface area contributed by atoms with Crippen molar-refractivity contribution in [1.29, 1.82) is 0 Å². The summed E-state index contributed by atoms with van der Waals surface area (Å²) in [6, 6.07) is 16.5. The second-order valence-electron chi connectivity index (χ2n) is 13.8. The van der Waals surface area contributed by atoms with Crippen molar-refractivity contribution in [2.45, 2.75) is 104 Å². The molecule has 1 fully saturated rings. The zero-order chi connectivity index (χ0) is 32.7. The summed E-state index contributed by atoms with van der Waals surface area (Å²) in [5.74, 6) is 0.888. The molecular formula is C36H52N4O5Si. The van der Waals surface area contributed by atoms with Crippen LogP contribution in [0.1, 0.15) is 65.7 Å². The molecule has 250 valence electrons. The number of ether oxygens (including phenoxy) is 4. The van der Waals surface area contributed by atoms with Gasteiger partial charge < -0.3 is 23.4 Å². The Bertz CT molecular complexity index is 1520. The fourth-order valence-electron chi connectivity index (χ4n) is 5.21. The summed E-state index contributed by atoms with van der Waals surface area (Å²) in [4.78, 5) is 0. The molecule has 0 saturated carbocycles. The van der Waals surface area contributed by atoms with Gasteiger partial charge in [-0.2, -0.15) is 10.2 Å². The van der Waals surface area contributed by atoms with Crippen LogP contribution in [-0.4, -0.2) is 66.5 Å². The van der Waals surface area contributed by atoms with E-state index >= 15 is 0 Å².